The number of nitrogens with zero attached hydrogens (tertiary/aromatic N) is 3. The van der Waals surface area contributed by atoms with Crippen LogP contribution in [0.2, 0.25) is 0 Å². The van der Waals surface area contributed by atoms with Crippen LogP contribution in [0.25, 0.3) is 11.0 Å². The maximum atomic E-state index is 11.6. The summed E-state index contributed by atoms with van der Waals surface area (Å²) in [5, 5.41) is 0. The first-order chi connectivity index (χ1) is 10.5. The van der Waals surface area contributed by atoms with Crippen LogP contribution in [-0.2, 0) is 7.05 Å². The SMILES string of the molecule is CC(C)N1CCC(c2nc3c(C(N)=O)cccc3n2C)CC1. The second kappa shape index (κ2) is 5.72. The number of aryl methyl sites for hydroxylation is 1. The molecule has 2 aromatic rings. The van der Waals surface area contributed by atoms with Crippen molar-refractivity contribution in [3.8, 4) is 0 Å². The average molecular weight is 300 g/mol. The Hall–Kier alpha value is -1.88. The summed E-state index contributed by atoms with van der Waals surface area (Å²) in [4.78, 5) is 18.9. The van der Waals surface area contributed by atoms with Crippen molar-refractivity contribution in [2.24, 2.45) is 12.8 Å². The number of fused-ring (bicyclic) bond motifs is 1. The van der Waals surface area contributed by atoms with Gasteiger partial charge in [0.2, 0.25) is 0 Å². The molecule has 0 spiro atoms. The van der Waals surface area contributed by atoms with Gasteiger partial charge in [-0.2, -0.15) is 0 Å². The van der Waals surface area contributed by atoms with E-state index in [1.54, 1.807) is 6.07 Å². The Kier molecular flexibility index (Phi) is 3.91. The van der Waals surface area contributed by atoms with Crippen molar-refractivity contribution in [1.29, 1.82) is 0 Å². The highest BCUT2D eigenvalue weighted by molar-refractivity contribution is 6.04. The van der Waals surface area contributed by atoms with Gasteiger partial charge in [0, 0.05) is 19.0 Å². The van der Waals surface area contributed by atoms with Gasteiger partial charge in [-0.3, -0.25) is 4.79 Å². The molecule has 22 heavy (non-hydrogen) atoms. The number of para-hydroxylation sites is 1. The highest BCUT2D eigenvalue weighted by Crippen LogP contribution is 2.31. The summed E-state index contributed by atoms with van der Waals surface area (Å²) in [6.45, 7) is 6.70. The third-order valence-electron chi connectivity index (χ3n) is 4.84. The smallest absolute Gasteiger partial charge is 0.250 e. The van der Waals surface area contributed by atoms with Crippen LogP contribution in [0.1, 0.15) is 48.8 Å². The minimum atomic E-state index is -0.412. The Morgan fingerprint density at radius 3 is 2.59 bits per heavy atom. The zero-order valence-electron chi connectivity index (χ0n) is 13.5. The Morgan fingerprint density at radius 1 is 1.32 bits per heavy atom. The molecule has 0 radical (unpaired) electrons. The Bertz CT molecular complexity index is 696. The molecule has 118 valence electrons. The Morgan fingerprint density at radius 2 is 2.00 bits per heavy atom. The van der Waals surface area contributed by atoms with Gasteiger partial charge < -0.3 is 15.2 Å². The van der Waals surface area contributed by atoms with Crippen LogP contribution < -0.4 is 5.73 Å². The maximum Gasteiger partial charge on any atom is 0.250 e. The molecule has 2 heterocycles. The fourth-order valence-electron chi connectivity index (χ4n) is 3.47. The van der Waals surface area contributed by atoms with Crippen molar-refractivity contribution in [2.75, 3.05) is 13.1 Å². The zero-order valence-corrected chi connectivity index (χ0v) is 13.5. The lowest BCUT2D eigenvalue weighted by molar-refractivity contribution is 0.100. The Balaban J connectivity index is 1.94. The lowest BCUT2D eigenvalue weighted by atomic mass is 9.95. The number of likely N-dealkylation sites (tertiary alicyclic amines) is 1. The normalized spacial score (nSPS) is 17.5. The molecule has 0 unspecified atom stereocenters. The summed E-state index contributed by atoms with van der Waals surface area (Å²) >= 11 is 0. The number of nitrogens with two attached hydrogens (primary N) is 1. The molecular weight excluding hydrogens is 276 g/mol. The molecule has 0 saturated carbocycles. The van der Waals surface area contributed by atoms with Crippen LogP contribution in [0.3, 0.4) is 0 Å². The van der Waals surface area contributed by atoms with Crippen LogP contribution in [0.15, 0.2) is 18.2 Å². The molecule has 0 bridgehead atoms. The van der Waals surface area contributed by atoms with Crippen molar-refractivity contribution in [3.05, 3.63) is 29.6 Å². The molecule has 5 nitrogen and oxygen atoms in total. The summed E-state index contributed by atoms with van der Waals surface area (Å²) in [7, 11) is 2.03. The first kappa shape index (κ1) is 15.0. The number of primary amides is 1. The third kappa shape index (κ3) is 2.50. The molecule has 1 aliphatic heterocycles. The number of imidazole rings is 1. The number of aromatic nitrogens is 2. The van der Waals surface area contributed by atoms with E-state index < -0.39 is 5.91 Å². The van der Waals surface area contributed by atoms with Crippen molar-refractivity contribution in [3.63, 3.8) is 0 Å². The van der Waals surface area contributed by atoms with Crippen LogP contribution in [-0.4, -0.2) is 39.5 Å². The summed E-state index contributed by atoms with van der Waals surface area (Å²) in [5.74, 6) is 1.12. The van der Waals surface area contributed by atoms with E-state index >= 15 is 0 Å². The van der Waals surface area contributed by atoms with E-state index in [1.807, 2.05) is 19.2 Å². The van der Waals surface area contributed by atoms with E-state index in [1.165, 1.54) is 0 Å². The third-order valence-corrected chi connectivity index (χ3v) is 4.84. The molecule has 1 aromatic heterocycles. The lowest BCUT2D eigenvalue weighted by Gasteiger charge is -2.34. The van der Waals surface area contributed by atoms with Gasteiger partial charge in [0.25, 0.3) is 5.91 Å². The van der Waals surface area contributed by atoms with Gasteiger partial charge in [-0.25, -0.2) is 4.98 Å². The molecule has 0 atom stereocenters. The van der Waals surface area contributed by atoms with Gasteiger partial charge in [-0.15, -0.1) is 0 Å². The quantitative estimate of drug-likeness (QED) is 0.945. The average Bonchev–Trinajstić information content (AvgIpc) is 2.84. The van der Waals surface area contributed by atoms with Crippen LogP contribution >= 0.6 is 0 Å². The van der Waals surface area contributed by atoms with E-state index in [2.05, 4.69) is 23.3 Å². The molecule has 1 saturated heterocycles. The molecule has 0 aliphatic carbocycles. The monoisotopic (exact) mass is 300 g/mol. The number of piperidine rings is 1. The highest BCUT2D eigenvalue weighted by atomic mass is 16.1. The van der Waals surface area contributed by atoms with E-state index in [0.717, 1.165) is 42.8 Å². The van der Waals surface area contributed by atoms with Gasteiger partial charge in [0.05, 0.1) is 11.1 Å². The minimum Gasteiger partial charge on any atom is -0.366 e. The van der Waals surface area contributed by atoms with Crippen LogP contribution in [0.5, 0.6) is 0 Å². The molecule has 1 aromatic carbocycles. The van der Waals surface area contributed by atoms with Gasteiger partial charge >= 0.3 is 0 Å². The van der Waals surface area contributed by atoms with Crippen molar-refractivity contribution < 1.29 is 4.79 Å². The first-order valence-electron chi connectivity index (χ1n) is 7.98. The number of amides is 1. The van der Waals surface area contributed by atoms with Crippen LogP contribution in [0.4, 0.5) is 0 Å². The van der Waals surface area contributed by atoms with Crippen molar-refractivity contribution in [2.45, 2.75) is 38.6 Å². The molecule has 5 heteroatoms. The molecule has 3 rings (SSSR count). The van der Waals surface area contributed by atoms with Crippen molar-refractivity contribution >= 4 is 16.9 Å². The van der Waals surface area contributed by atoms with Crippen molar-refractivity contribution in [1.82, 2.24) is 14.5 Å². The molecule has 1 amide bonds. The maximum absolute atomic E-state index is 11.6. The summed E-state index contributed by atoms with van der Waals surface area (Å²) < 4.78 is 2.12. The number of hydrogen-bond acceptors (Lipinski definition) is 3. The molecule has 2 N–H and O–H groups in total. The first-order valence-corrected chi connectivity index (χ1v) is 7.98. The van der Waals surface area contributed by atoms with Gasteiger partial charge in [0.1, 0.15) is 11.3 Å². The topological polar surface area (TPSA) is 64.2 Å². The standard InChI is InChI=1S/C17H24N4O/c1-11(2)21-9-7-12(8-10-21)17-19-15-13(16(18)22)5-4-6-14(15)20(17)3/h4-6,11-12H,7-10H2,1-3H3,(H2,18,22). The predicted octanol–water partition coefficient (Wildman–Crippen LogP) is 2.26. The minimum absolute atomic E-state index is 0.412. The number of benzene rings is 1. The summed E-state index contributed by atoms with van der Waals surface area (Å²) in [6, 6.07) is 6.22. The van der Waals surface area contributed by atoms with E-state index in [9.17, 15) is 4.79 Å². The second-order valence-corrected chi connectivity index (χ2v) is 6.47. The van der Waals surface area contributed by atoms with E-state index in [4.69, 9.17) is 10.7 Å². The zero-order chi connectivity index (χ0) is 15.9. The van der Waals surface area contributed by atoms with Gasteiger partial charge in [0.15, 0.2) is 0 Å². The molecular formula is C17H24N4O. The number of carbonyl (C=O) groups excluding carboxylic acids is 1. The predicted molar refractivity (Wildman–Crippen MR) is 87.9 cm³/mol. The van der Waals surface area contributed by atoms with E-state index in [0.29, 0.717) is 17.5 Å². The van der Waals surface area contributed by atoms with Gasteiger partial charge in [-0.05, 0) is 51.9 Å². The molecule has 1 aliphatic rings. The number of carbonyl (C=O) groups is 1. The summed E-state index contributed by atoms with van der Waals surface area (Å²) in [5.41, 5.74) is 7.71. The van der Waals surface area contributed by atoms with Crippen LogP contribution in [0, 0.1) is 0 Å². The number of hydrogen-bond donors (Lipinski definition) is 1. The highest BCUT2D eigenvalue weighted by Gasteiger charge is 2.26. The Labute approximate surface area is 131 Å². The van der Waals surface area contributed by atoms with E-state index in [-0.39, 0.29) is 0 Å². The van der Waals surface area contributed by atoms with Gasteiger partial charge in [-0.1, -0.05) is 6.07 Å². The lowest BCUT2D eigenvalue weighted by Crippen LogP contribution is -2.38. The summed E-state index contributed by atoms with van der Waals surface area (Å²) in [6.07, 6.45) is 2.22. The largest absolute Gasteiger partial charge is 0.366 e. The molecule has 1 fully saturated rings. The second-order valence-electron chi connectivity index (χ2n) is 6.47. The fourth-order valence-corrected chi connectivity index (χ4v) is 3.47. The number of rotatable bonds is 3. The fraction of sp³-hybridized carbons (Fsp3) is 0.529.